The summed E-state index contributed by atoms with van der Waals surface area (Å²) in [5.74, 6) is 0.725. The Morgan fingerprint density at radius 3 is 2.50 bits per heavy atom. The maximum Gasteiger partial charge on any atom is 0.141 e. The Hall–Kier alpha value is -1.96. The van der Waals surface area contributed by atoms with Gasteiger partial charge in [-0.05, 0) is 35.2 Å². The minimum atomic E-state index is 0.677. The summed E-state index contributed by atoms with van der Waals surface area (Å²) < 4.78 is 5.17. The van der Waals surface area contributed by atoms with Gasteiger partial charge in [0.25, 0.3) is 0 Å². The van der Waals surface area contributed by atoms with Crippen molar-refractivity contribution in [2.45, 2.75) is 19.8 Å². The number of rotatable bonds is 4. The summed E-state index contributed by atoms with van der Waals surface area (Å²) in [5.41, 5.74) is 10.3. The third-order valence-electron chi connectivity index (χ3n) is 3.03. The standard InChI is InChI=1S/C16H19NO/c1-3-5-12-6-4-7-13(10-12)14-8-9-16(18-2)15(17)11-14/h4,6-11H,3,5,17H2,1-2H3. The lowest BCUT2D eigenvalue weighted by Gasteiger charge is -2.08. The van der Waals surface area contributed by atoms with Crippen molar-refractivity contribution in [1.29, 1.82) is 0 Å². The molecule has 2 aromatic carbocycles. The summed E-state index contributed by atoms with van der Waals surface area (Å²) in [6.45, 7) is 2.19. The first-order valence-electron chi connectivity index (χ1n) is 6.27. The second-order valence-corrected chi connectivity index (χ2v) is 4.41. The Labute approximate surface area is 108 Å². The molecule has 2 rings (SSSR count). The molecule has 0 bridgehead atoms. The minimum absolute atomic E-state index is 0.677. The Bertz CT molecular complexity index is 534. The van der Waals surface area contributed by atoms with Gasteiger partial charge in [0.1, 0.15) is 5.75 Å². The van der Waals surface area contributed by atoms with E-state index in [9.17, 15) is 0 Å². The van der Waals surface area contributed by atoms with Crippen LogP contribution in [0.25, 0.3) is 11.1 Å². The van der Waals surface area contributed by atoms with E-state index >= 15 is 0 Å². The van der Waals surface area contributed by atoms with Crippen LogP contribution in [-0.4, -0.2) is 7.11 Å². The van der Waals surface area contributed by atoms with Crippen LogP contribution in [0.15, 0.2) is 42.5 Å². The van der Waals surface area contributed by atoms with E-state index in [0.29, 0.717) is 5.69 Å². The van der Waals surface area contributed by atoms with Gasteiger partial charge in [-0.3, -0.25) is 0 Å². The van der Waals surface area contributed by atoms with Crippen LogP contribution in [0.3, 0.4) is 0 Å². The lowest BCUT2D eigenvalue weighted by Crippen LogP contribution is -1.92. The summed E-state index contributed by atoms with van der Waals surface area (Å²) in [6.07, 6.45) is 2.27. The molecule has 0 saturated carbocycles. The molecule has 2 heteroatoms. The normalized spacial score (nSPS) is 10.3. The van der Waals surface area contributed by atoms with Gasteiger partial charge in [-0.25, -0.2) is 0 Å². The van der Waals surface area contributed by atoms with E-state index in [4.69, 9.17) is 10.5 Å². The smallest absolute Gasteiger partial charge is 0.141 e. The van der Waals surface area contributed by atoms with E-state index in [0.717, 1.165) is 24.2 Å². The first kappa shape index (κ1) is 12.5. The molecule has 0 heterocycles. The fraction of sp³-hybridized carbons (Fsp3) is 0.250. The van der Waals surface area contributed by atoms with Crippen molar-refractivity contribution in [2.75, 3.05) is 12.8 Å². The third-order valence-corrected chi connectivity index (χ3v) is 3.03. The topological polar surface area (TPSA) is 35.2 Å². The van der Waals surface area contributed by atoms with Gasteiger partial charge in [-0.1, -0.05) is 43.7 Å². The zero-order valence-electron chi connectivity index (χ0n) is 10.9. The SMILES string of the molecule is CCCc1cccc(-c2ccc(OC)c(N)c2)c1. The highest BCUT2D eigenvalue weighted by Gasteiger charge is 2.03. The van der Waals surface area contributed by atoms with E-state index in [1.54, 1.807) is 7.11 Å². The largest absolute Gasteiger partial charge is 0.495 e. The molecule has 2 nitrogen and oxygen atoms in total. The first-order valence-corrected chi connectivity index (χ1v) is 6.27. The molecule has 0 aliphatic rings. The number of hydrogen-bond acceptors (Lipinski definition) is 2. The predicted octanol–water partition coefficient (Wildman–Crippen LogP) is 3.90. The highest BCUT2D eigenvalue weighted by Crippen LogP contribution is 2.28. The Kier molecular flexibility index (Phi) is 3.88. The zero-order chi connectivity index (χ0) is 13.0. The molecule has 0 amide bonds. The fourth-order valence-corrected chi connectivity index (χ4v) is 2.11. The number of nitrogen functional groups attached to an aromatic ring is 1. The molecule has 2 aromatic rings. The number of anilines is 1. The zero-order valence-corrected chi connectivity index (χ0v) is 10.9. The van der Waals surface area contributed by atoms with Gasteiger partial charge in [-0.15, -0.1) is 0 Å². The Balaban J connectivity index is 2.36. The average molecular weight is 241 g/mol. The van der Waals surface area contributed by atoms with Gasteiger partial charge >= 0.3 is 0 Å². The Morgan fingerprint density at radius 1 is 1.06 bits per heavy atom. The molecule has 94 valence electrons. The van der Waals surface area contributed by atoms with Gasteiger partial charge in [0.2, 0.25) is 0 Å². The van der Waals surface area contributed by atoms with Crippen molar-refractivity contribution in [2.24, 2.45) is 0 Å². The average Bonchev–Trinajstić information content (AvgIpc) is 2.39. The second kappa shape index (κ2) is 5.58. The molecule has 0 saturated heterocycles. The molecule has 0 aromatic heterocycles. The van der Waals surface area contributed by atoms with Crippen LogP contribution in [0, 0.1) is 0 Å². The number of nitrogens with two attached hydrogens (primary N) is 1. The molecule has 0 spiro atoms. The minimum Gasteiger partial charge on any atom is -0.495 e. The van der Waals surface area contributed by atoms with Crippen LogP contribution in [0.1, 0.15) is 18.9 Å². The van der Waals surface area contributed by atoms with Crippen molar-refractivity contribution in [3.63, 3.8) is 0 Å². The van der Waals surface area contributed by atoms with Gasteiger partial charge in [-0.2, -0.15) is 0 Å². The Morgan fingerprint density at radius 2 is 1.83 bits per heavy atom. The van der Waals surface area contributed by atoms with Gasteiger partial charge in [0, 0.05) is 0 Å². The fourth-order valence-electron chi connectivity index (χ4n) is 2.11. The van der Waals surface area contributed by atoms with E-state index in [1.807, 2.05) is 18.2 Å². The molecule has 18 heavy (non-hydrogen) atoms. The molecule has 0 aliphatic carbocycles. The maximum absolute atomic E-state index is 5.94. The van der Waals surface area contributed by atoms with E-state index in [-0.39, 0.29) is 0 Å². The van der Waals surface area contributed by atoms with Crippen molar-refractivity contribution >= 4 is 5.69 Å². The first-order chi connectivity index (χ1) is 8.74. The van der Waals surface area contributed by atoms with Gasteiger partial charge in [0.15, 0.2) is 0 Å². The van der Waals surface area contributed by atoms with Crippen molar-refractivity contribution in [1.82, 2.24) is 0 Å². The quantitative estimate of drug-likeness (QED) is 0.824. The van der Waals surface area contributed by atoms with Crippen LogP contribution in [0.4, 0.5) is 5.69 Å². The lowest BCUT2D eigenvalue weighted by molar-refractivity contribution is 0.417. The van der Waals surface area contributed by atoms with Crippen molar-refractivity contribution in [3.05, 3.63) is 48.0 Å². The summed E-state index contributed by atoms with van der Waals surface area (Å²) in [5, 5.41) is 0. The molecule has 0 unspecified atom stereocenters. The van der Waals surface area contributed by atoms with Crippen LogP contribution in [0.2, 0.25) is 0 Å². The van der Waals surface area contributed by atoms with Gasteiger partial charge in [0.05, 0.1) is 12.8 Å². The van der Waals surface area contributed by atoms with Gasteiger partial charge < -0.3 is 10.5 Å². The monoisotopic (exact) mass is 241 g/mol. The second-order valence-electron chi connectivity index (χ2n) is 4.41. The summed E-state index contributed by atoms with van der Waals surface area (Å²) in [4.78, 5) is 0. The molecule has 2 N–H and O–H groups in total. The molecular formula is C16H19NO. The van der Waals surface area contributed by atoms with Crippen LogP contribution < -0.4 is 10.5 Å². The lowest BCUT2D eigenvalue weighted by atomic mass is 10.0. The highest BCUT2D eigenvalue weighted by molar-refractivity contribution is 5.71. The van der Waals surface area contributed by atoms with Crippen LogP contribution in [0.5, 0.6) is 5.75 Å². The molecule has 0 atom stereocenters. The number of methoxy groups -OCH3 is 1. The molecule has 0 fully saturated rings. The molecule has 0 radical (unpaired) electrons. The molecule has 0 aliphatic heterocycles. The van der Waals surface area contributed by atoms with E-state index < -0.39 is 0 Å². The number of aryl methyl sites for hydroxylation is 1. The van der Waals surface area contributed by atoms with Crippen molar-refractivity contribution < 1.29 is 4.74 Å². The predicted molar refractivity (Wildman–Crippen MR) is 76.8 cm³/mol. The summed E-state index contributed by atoms with van der Waals surface area (Å²) >= 11 is 0. The van der Waals surface area contributed by atoms with Crippen molar-refractivity contribution in [3.8, 4) is 16.9 Å². The summed E-state index contributed by atoms with van der Waals surface area (Å²) in [6, 6.07) is 14.5. The van der Waals surface area contributed by atoms with E-state index in [2.05, 4.69) is 31.2 Å². The van der Waals surface area contributed by atoms with Crippen LogP contribution >= 0.6 is 0 Å². The van der Waals surface area contributed by atoms with Crippen LogP contribution in [-0.2, 0) is 6.42 Å². The number of benzene rings is 2. The number of hydrogen-bond donors (Lipinski definition) is 1. The third kappa shape index (κ3) is 2.65. The highest BCUT2D eigenvalue weighted by atomic mass is 16.5. The van der Waals surface area contributed by atoms with E-state index in [1.165, 1.54) is 11.1 Å². The number of ether oxygens (including phenoxy) is 1. The maximum atomic E-state index is 5.94. The molecular weight excluding hydrogens is 222 g/mol. The summed E-state index contributed by atoms with van der Waals surface area (Å²) in [7, 11) is 1.63.